The lowest BCUT2D eigenvalue weighted by atomic mass is 9.99. The van der Waals surface area contributed by atoms with Crippen molar-refractivity contribution in [1.29, 1.82) is 0 Å². The third-order valence-corrected chi connectivity index (χ3v) is 5.30. The number of aliphatic hydroxyl groups is 4. The summed E-state index contributed by atoms with van der Waals surface area (Å²) in [7, 11) is 0. The van der Waals surface area contributed by atoms with Gasteiger partial charge >= 0.3 is 0 Å². The second-order valence-electron chi connectivity index (χ2n) is 7.41. The number of fused-ring (bicyclic) bond motifs is 1. The van der Waals surface area contributed by atoms with Gasteiger partial charge in [0.05, 0.1) is 6.61 Å². The number of ether oxygens (including phenoxy) is 2. The first kappa shape index (κ1) is 21.4. The number of halogens is 1. The van der Waals surface area contributed by atoms with Crippen molar-refractivity contribution in [1.82, 2.24) is 0 Å². The molecule has 7 heteroatoms. The monoisotopic (exact) mass is 426 g/mol. The molecule has 1 fully saturated rings. The van der Waals surface area contributed by atoms with Gasteiger partial charge in [0.15, 0.2) is 0 Å². The summed E-state index contributed by atoms with van der Waals surface area (Å²) in [6, 6.07) is 17.3. The lowest BCUT2D eigenvalue weighted by Crippen LogP contribution is -2.60. The zero-order chi connectivity index (χ0) is 22.0. The highest BCUT2D eigenvalue weighted by Crippen LogP contribution is 2.34. The number of benzene rings is 3. The molecule has 0 aliphatic carbocycles. The van der Waals surface area contributed by atoms with Crippen LogP contribution in [0.2, 0.25) is 0 Å². The molecule has 0 bridgehead atoms. The Kier molecular flexibility index (Phi) is 6.31. The van der Waals surface area contributed by atoms with E-state index < -0.39 is 37.3 Å². The molecule has 4 N–H and O–H groups in total. The van der Waals surface area contributed by atoms with E-state index in [-0.39, 0.29) is 5.82 Å². The molecule has 5 atom stereocenters. The second kappa shape index (κ2) is 9.13. The van der Waals surface area contributed by atoms with Gasteiger partial charge in [0.2, 0.25) is 6.29 Å². The van der Waals surface area contributed by atoms with Crippen LogP contribution in [0.1, 0.15) is 11.1 Å². The van der Waals surface area contributed by atoms with Gasteiger partial charge in [-0.05, 0) is 23.1 Å². The van der Waals surface area contributed by atoms with Gasteiger partial charge < -0.3 is 29.9 Å². The second-order valence-corrected chi connectivity index (χ2v) is 7.41. The van der Waals surface area contributed by atoms with Crippen LogP contribution in [0, 0.1) is 5.82 Å². The Hall–Kier alpha value is -2.81. The molecule has 0 aromatic heterocycles. The maximum atomic E-state index is 13.5. The molecule has 0 saturated carbocycles. The molecule has 4 rings (SSSR count). The summed E-state index contributed by atoms with van der Waals surface area (Å²) in [6.07, 6.45) is -3.46. The van der Waals surface area contributed by atoms with E-state index in [1.54, 1.807) is 24.3 Å². The molecule has 1 aliphatic rings. The molecule has 0 radical (unpaired) electrons. The Bertz CT molecular complexity index is 1080. The van der Waals surface area contributed by atoms with Crippen LogP contribution in [-0.2, 0) is 4.74 Å². The predicted molar refractivity (Wildman–Crippen MR) is 114 cm³/mol. The average Bonchev–Trinajstić information content (AvgIpc) is 2.78. The molecule has 0 amide bonds. The van der Waals surface area contributed by atoms with E-state index in [9.17, 15) is 24.8 Å². The van der Waals surface area contributed by atoms with Crippen LogP contribution in [0.4, 0.5) is 4.39 Å². The van der Waals surface area contributed by atoms with Crippen molar-refractivity contribution >= 4 is 22.9 Å². The first-order valence-electron chi connectivity index (χ1n) is 9.90. The summed E-state index contributed by atoms with van der Waals surface area (Å²) in [4.78, 5) is 0. The Balaban J connectivity index is 1.72. The van der Waals surface area contributed by atoms with Gasteiger partial charge in [-0.1, -0.05) is 60.7 Å². The van der Waals surface area contributed by atoms with Gasteiger partial charge in [0.1, 0.15) is 36.0 Å². The van der Waals surface area contributed by atoms with Crippen molar-refractivity contribution in [3.8, 4) is 5.75 Å². The highest BCUT2D eigenvalue weighted by molar-refractivity contribution is 5.93. The van der Waals surface area contributed by atoms with Crippen LogP contribution in [0.3, 0.4) is 0 Å². The largest absolute Gasteiger partial charge is 0.461 e. The molecule has 0 unspecified atom stereocenters. The number of aliphatic hydroxyl groups excluding tert-OH is 4. The minimum Gasteiger partial charge on any atom is -0.461 e. The SMILES string of the molecule is OC[C@H]1O[C@@H](Oc2c(/C=C/c3cccc(F)c3)ccc3ccccc23)[C@H](O)[C@@H](O)[C@@H]1O. The summed E-state index contributed by atoms with van der Waals surface area (Å²) in [5.41, 5.74) is 1.30. The fraction of sp³-hybridized carbons (Fsp3) is 0.250. The zero-order valence-electron chi connectivity index (χ0n) is 16.5. The highest BCUT2D eigenvalue weighted by atomic mass is 19.1. The predicted octanol–water partition coefficient (Wildman–Crippen LogP) is 2.33. The first-order valence-corrected chi connectivity index (χ1v) is 9.90. The third kappa shape index (κ3) is 4.46. The van der Waals surface area contributed by atoms with Crippen LogP contribution in [0.25, 0.3) is 22.9 Å². The first-order chi connectivity index (χ1) is 15.0. The summed E-state index contributed by atoms with van der Waals surface area (Å²) >= 11 is 0. The maximum Gasteiger partial charge on any atom is 0.229 e. The van der Waals surface area contributed by atoms with Crippen LogP contribution < -0.4 is 4.74 Å². The lowest BCUT2D eigenvalue weighted by Gasteiger charge is -2.39. The van der Waals surface area contributed by atoms with Crippen molar-refractivity contribution in [3.63, 3.8) is 0 Å². The Labute approximate surface area is 178 Å². The van der Waals surface area contributed by atoms with E-state index in [2.05, 4.69) is 0 Å². The van der Waals surface area contributed by atoms with E-state index in [0.717, 1.165) is 10.8 Å². The van der Waals surface area contributed by atoms with Crippen LogP contribution in [-0.4, -0.2) is 57.7 Å². The average molecular weight is 426 g/mol. The van der Waals surface area contributed by atoms with Crippen LogP contribution in [0.5, 0.6) is 5.75 Å². The smallest absolute Gasteiger partial charge is 0.229 e. The fourth-order valence-electron chi connectivity index (χ4n) is 3.60. The van der Waals surface area contributed by atoms with Crippen molar-refractivity contribution in [2.45, 2.75) is 30.7 Å². The summed E-state index contributed by atoms with van der Waals surface area (Å²) < 4.78 is 25.0. The summed E-state index contributed by atoms with van der Waals surface area (Å²) in [5, 5.41) is 41.5. The molecular formula is C24H23FO6. The number of rotatable bonds is 5. The van der Waals surface area contributed by atoms with E-state index in [0.29, 0.717) is 16.9 Å². The third-order valence-electron chi connectivity index (χ3n) is 5.30. The zero-order valence-corrected chi connectivity index (χ0v) is 16.5. The van der Waals surface area contributed by atoms with Crippen molar-refractivity contribution < 1.29 is 34.3 Å². The van der Waals surface area contributed by atoms with Crippen molar-refractivity contribution in [2.75, 3.05) is 6.61 Å². The molecule has 1 aliphatic heterocycles. The summed E-state index contributed by atoms with van der Waals surface area (Å²) in [5.74, 6) is 0.0357. The fourth-order valence-corrected chi connectivity index (χ4v) is 3.60. The van der Waals surface area contributed by atoms with Crippen LogP contribution in [0.15, 0.2) is 60.7 Å². The summed E-state index contributed by atoms with van der Waals surface area (Å²) in [6.45, 7) is -0.549. The molecular weight excluding hydrogens is 403 g/mol. The van der Waals surface area contributed by atoms with Gasteiger partial charge in [0.25, 0.3) is 0 Å². The Morgan fingerprint density at radius 1 is 0.903 bits per heavy atom. The van der Waals surface area contributed by atoms with E-state index in [1.807, 2.05) is 36.4 Å². The van der Waals surface area contributed by atoms with Crippen LogP contribution >= 0.6 is 0 Å². The molecule has 6 nitrogen and oxygen atoms in total. The van der Waals surface area contributed by atoms with E-state index in [1.165, 1.54) is 12.1 Å². The molecule has 1 saturated heterocycles. The highest BCUT2D eigenvalue weighted by Gasteiger charge is 2.45. The van der Waals surface area contributed by atoms with Gasteiger partial charge in [-0.3, -0.25) is 0 Å². The van der Waals surface area contributed by atoms with Gasteiger partial charge in [-0.15, -0.1) is 0 Å². The topological polar surface area (TPSA) is 99.4 Å². The van der Waals surface area contributed by atoms with Crippen molar-refractivity contribution in [2.24, 2.45) is 0 Å². The molecule has 3 aromatic carbocycles. The Morgan fingerprint density at radius 3 is 2.48 bits per heavy atom. The number of hydrogen-bond donors (Lipinski definition) is 4. The minimum atomic E-state index is -1.54. The lowest BCUT2D eigenvalue weighted by molar-refractivity contribution is -0.277. The molecule has 1 heterocycles. The molecule has 0 spiro atoms. The maximum absolute atomic E-state index is 13.5. The molecule has 31 heavy (non-hydrogen) atoms. The molecule has 3 aromatic rings. The molecule has 162 valence electrons. The quantitative estimate of drug-likeness (QED) is 0.468. The minimum absolute atomic E-state index is 0.349. The van der Waals surface area contributed by atoms with E-state index in [4.69, 9.17) is 9.47 Å². The van der Waals surface area contributed by atoms with Crippen molar-refractivity contribution in [3.05, 3.63) is 77.6 Å². The van der Waals surface area contributed by atoms with E-state index >= 15 is 0 Å². The number of hydrogen-bond acceptors (Lipinski definition) is 6. The van der Waals surface area contributed by atoms with Gasteiger partial charge in [-0.25, -0.2) is 4.39 Å². The van der Waals surface area contributed by atoms with Gasteiger partial charge in [-0.2, -0.15) is 0 Å². The standard InChI is InChI=1S/C24H23FO6/c25-17-6-3-4-14(12-17)8-9-16-11-10-15-5-1-2-7-18(15)23(16)31-24-22(29)21(28)20(27)19(13-26)30-24/h1-12,19-22,24,26-29H,13H2/b9-8+/t19-,20-,21+,22-,24+/m1/s1. The van der Waals surface area contributed by atoms with Gasteiger partial charge in [0, 0.05) is 10.9 Å². The normalized spacial score (nSPS) is 26.4. The Morgan fingerprint density at radius 2 is 1.71 bits per heavy atom.